The van der Waals surface area contributed by atoms with Crippen molar-refractivity contribution in [3.05, 3.63) is 50.7 Å². The van der Waals surface area contributed by atoms with Gasteiger partial charge >= 0.3 is 0 Å². The number of halogens is 4. The lowest BCUT2D eigenvalue weighted by Crippen LogP contribution is -1.89. The molecule has 0 aliphatic heterocycles. The maximum atomic E-state index is 2.46. The Labute approximate surface area is 160 Å². The second kappa shape index (κ2) is 5.47. The second-order valence-corrected chi connectivity index (χ2v) is 8.50. The minimum Gasteiger partial charge on any atom is -0.0606 e. The number of benzene rings is 3. The molecular weight excluding hydrogens is 676 g/mol. The molecule has 0 bridgehead atoms. The quantitative estimate of drug-likeness (QED) is 0.146. The molecule has 0 saturated heterocycles. The van der Waals surface area contributed by atoms with Crippen molar-refractivity contribution in [1.82, 2.24) is 0 Å². The van der Waals surface area contributed by atoms with Gasteiger partial charge < -0.3 is 0 Å². The van der Waals surface area contributed by atoms with E-state index in [-0.39, 0.29) is 0 Å². The third kappa shape index (κ3) is 2.39. The van der Waals surface area contributed by atoms with Crippen LogP contribution in [0.25, 0.3) is 21.5 Å². The zero-order valence-electron chi connectivity index (χ0n) is 8.98. The number of hydrogen-bond donors (Lipinski definition) is 0. The largest absolute Gasteiger partial charge is 0.0606 e. The predicted molar refractivity (Wildman–Crippen MR) is 112 cm³/mol. The lowest BCUT2D eigenvalue weighted by molar-refractivity contribution is 1.59. The van der Waals surface area contributed by atoms with Crippen molar-refractivity contribution in [3.8, 4) is 0 Å². The molecule has 0 aliphatic carbocycles. The van der Waals surface area contributed by atoms with Crippen LogP contribution in [-0.4, -0.2) is 0 Å². The SMILES string of the molecule is Ic1cc2cc3cccc(I)c3cc2c(I)c1I. The highest BCUT2D eigenvalue weighted by Crippen LogP contribution is 2.33. The normalized spacial score (nSPS) is 11.3. The van der Waals surface area contributed by atoms with Crippen LogP contribution in [0.2, 0.25) is 0 Å². The Balaban J connectivity index is 2.54. The van der Waals surface area contributed by atoms with Gasteiger partial charge in [-0.3, -0.25) is 0 Å². The van der Waals surface area contributed by atoms with E-state index >= 15 is 0 Å². The van der Waals surface area contributed by atoms with Gasteiger partial charge in [0.05, 0.1) is 0 Å². The molecule has 4 heteroatoms. The minimum absolute atomic E-state index is 1.32. The molecule has 0 atom stereocenters. The summed E-state index contributed by atoms with van der Waals surface area (Å²) in [5.74, 6) is 0. The molecule has 3 aromatic rings. The Hall–Kier alpha value is 1.10. The average molecular weight is 682 g/mol. The minimum atomic E-state index is 1.32. The lowest BCUT2D eigenvalue weighted by Gasteiger charge is -2.09. The molecule has 0 radical (unpaired) electrons. The molecule has 0 aliphatic rings. The fraction of sp³-hybridized carbons (Fsp3) is 0. The predicted octanol–water partition coefficient (Wildman–Crippen LogP) is 6.41. The van der Waals surface area contributed by atoms with Crippen LogP contribution in [-0.2, 0) is 0 Å². The summed E-state index contributed by atoms with van der Waals surface area (Å²) in [6.45, 7) is 0. The van der Waals surface area contributed by atoms with Gasteiger partial charge in [-0.25, -0.2) is 0 Å². The Kier molecular flexibility index (Phi) is 4.27. The van der Waals surface area contributed by atoms with Crippen LogP contribution in [0, 0.1) is 14.3 Å². The molecule has 90 valence electrons. The van der Waals surface area contributed by atoms with E-state index in [1.165, 1.54) is 35.8 Å². The monoisotopic (exact) mass is 682 g/mol. The van der Waals surface area contributed by atoms with Crippen molar-refractivity contribution in [2.45, 2.75) is 0 Å². The summed E-state index contributed by atoms with van der Waals surface area (Å²) in [4.78, 5) is 0. The van der Waals surface area contributed by atoms with E-state index < -0.39 is 0 Å². The van der Waals surface area contributed by atoms with E-state index in [1.807, 2.05) is 0 Å². The van der Waals surface area contributed by atoms with Gasteiger partial charge in [0.25, 0.3) is 0 Å². The summed E-state index contributed by atoms with van der Waals surface area (Å²) < 4.78 is 5.36. The standard InChI is InChI=1S/C14H6I4/c15-11-3-1-2-7-4-8-5-12(16)14(18)13(17)10(8)6-9(7)11/h1-6H. The van der Waals surface area contributed by atoms with Crippen LogP contribution in [0.3, 0.4) is 0 Å². The Morgan fingerprint density at radius 2 is 1.39 bits per heavy atom. The fourth-order valence-electron chi connectivity index (χ4n) is 2.04. The first-order chi connectivity index (χ1) is 8.58. The maximum Gasteiger partial charge on any atom is 0.0403 e. The summed E-state index contributed by atoms with van der Waals surface area (Å²) in [6, 6.07) is 13.4. The van der Waals surface area contributed by atoms with Gasteiger partial charge in [0.15, 0.2) is 0 Å². The van der Waals surface area contributed by atoms with Crippen LogP contribution < -0.4 is 0 Å². The molecule has 0 saturated carbocycles. The van der Waals surface area contributed by atoms with Crippen molar-refractivity contribution >= 4 is 112 Å². The summed E-state index contributed by atoms with van der Waals surface area (Å²) >= 11 is 9.72. The van der Waals surface area contributed by atoms with Crippen molar-refractivity contribution < 1.29 is 0 Å². The van der Waals surface area contributed by atoms with Crippen LogP contribution >= 0.6 is 90.4 Å². The van der Waals surface area contributed by atoms with E-state index in [2.05, 4.69) is 127 Å². The van der Waals surface area contributed by atoms with Gasteiger partial charge in [-0.15, -0.1) is 0 Å². The first-order valence-corrected chi connectivity index (χ1v) is 9.55. The van der Waals surface area contributed by atoms with E-state index in [4.69, 9.17) is 0 Å². The zero-order valence-corrected chi connectivity index (χ0v) is 17.6. The van der Waals surface area contributed by atoms with Crippen LogP contribution in [0.15, 0.2) is 36.4 Å². The lowest BCUT2D eigenvalue weighted by atomic mass is 10.0. The summed E-state index contributed by atoms with van der Waals surface area (Å²) in [7, 11) is 0. The molecule has 0 nitrogen and oxygen atoms in total. The first kappa shape index (κ1) is 14.1. The Bertz CT molecular complexity index is 778. The molecule has 18 heavy (non-hydrogen) atoms. The molecule has 0 N–H and O–H groups in total. The topological polar surface area (TPSA) is 0 Å². The van der Waals surface area contributed by atoms with E-state index in [1.54, 1.807) is 0 Å². The summed E-state index contributed by atoms with van der Waals surface area (Å²) in [6.07, 6.45) is 0. The molecule has 3 rings (SSSR count). The molecule has 3 aromatic carbocycles. The molecule has 0 spiro atoms. The Morgan fingerprint density at radius 1 is 0.611 bits per heavy atom. The number of rotatable bonds is 0. The third-order valence-corrected chi connectivity index (χ3v) is 9.01. The van der Waals surface area contributed by atoms with Crippen LogP contribution in [0.5, 0.6) is 0 Å². The maximum absolute atomic E-state index is 2.46. The molecular formula is C14H6I4. The van der Waals surface area contributed by atoms with Gasteiger partial charge in [0.1, 0.15) is 0 Å². The fourth-order valence-corrected chi connectivity index (χ4v) is 5.04. The van der Waals surface area contributed by atoms with E-state index in [0.717, 1.165) is 0 Å². The second-order valence-electron chi connectivity index (χ2n) is 4.02. The molecule has 0 heterocycles. The summed E-state index contributed by atoms with van der Waals surface area (Å²) in [5.41, 5.74) is 0. The van der Waals surface area contributed by atoms with Gasteiger partial charge in [-0.05, 0) is 136 Å². The highest BCUT2D eigenvalue weighted by atomic mass is 127. The first-order valence-electron chi connectivity index (χ1n) is 5.23. The smallest absolute Gasteiger partial charge is 0.0403 e. The summed E-state index contributed by atoms with van der Waals surface area (Å²) in [5, 5.41) is 5.36. The van der Waals surface area contributed by atoms with Crippen molar-refractivity contribution in [1.29, 1.82) is 0 Å². The van der Waals surface area contributed by atoms with Gasteiger partial charge in [0.2, 0.25) is 0 Å². The average Bonchev–Trinajstić information content (AvgIpc) is 2.35. The van der Waals surface area contributed by atoms with Crippen molar-refractivity contribution in [2.75, 3.05) is 0 Å². The van der Waals surface area contributed by atoms with Gasteiger partial charge in [-0.1, -0.05) is 12.1 Å². The van der Waals surface area contributed by atoms with Gasteiger partial charge in [-0.2, -0.15) is 0 Å². The molecule has 0 amide bonds. The molecule has 0 aromatic heterocycles. The number of hydrogen-bond acceptors (Lipinski definition) is 0. The van der Waals surface area contributed by atoms with Crippen molar-refractivity contribution in [2.24, 2.45) is 0 Å². The van der Waals surface area contributed by atoms with Gasteiger partial charge in [0, 0.05) is 14.3 Å². The third-order valence-electron chi connectivity index (χ3n) is 2.92. The highest BCUT2D eigenvalue weighted by molar-refractivity contribution is 14.1. The van der Waals surface area contributed by atoms with E-state index in [0.29, 0.717) is 0 Å². The number of fused-ring (bicyclic) bond motifs is 2. The molecule has 0 unspecified atom stereocenters. The highest BCUT2D eigenvalue weighted by Gasteiger charge is 2.09. The zero-order chi connectivity index (χ0) is 12.9. The van der Waals surface area contributed by atoms with E-state index in [9.17, 15) is 0 Å². The van der Waals surface area contributed by atoms with Crippen molar-refractivity contribution in [3.63, 3.8) is 0 Å². The molecule has 0 fully saturated rings. The van der Waals surface area contributed by atoms with Crippen LogP contribution in [0.1, 0.15) is 0 Å². The Morgan fingerprint density at radius 3 is 2.17 bits per heavy atom. The van der Waals surface area contributed by atoms with Crippen LogP contribution in [0.4, 0.5) is 0 Å².